The van der Waals surface area contributed by atoms with Gasteiger partial charge in [-0.25, -0.2) is 14.5 Å². The number of aromatic nitrogens is 3. The minimum Gasteiger partial charge on any atom is -0.476 e. The van der Waals surface area contributed by atoms with Gasteiger partial charge in [0.1, 0.15) is 0 Å². The Hall–Kier alpha value is -2.21. The van der Waals surface area contributed by atoms with Gasteiger partial charge in [0.2, 0.25) is 0 Å². The number of fused-ring (bicyclic) bond motifs is 1. The van der Waals surface area contributed by atoms with Crippen LogP contribution in [0.3, 0.4) is 0 Å². The number of aliphatic hydroxyl groups is 1. The number of nitrogens with zero attached hydrogens (tertiary/aromatic N) is 3. The van der Waals surface area contributed by atoms with Crippen LogP contribution in [0, 0.1) is 6.92 Å². The molecule has 0 bridgehead atoms. The van der Waals surface area contributed by atoms with E-state index in [2.05, 4.69) is 10.1 Å². The highest BCUT2D eigenvalue weighted by atomic mass is 16.4. The zero-order chi connectivity index (χ0) is 16.3. The number of rotatable bonds is 2. The van der Waals surface area contributed by atoms with Crippen molar-refractivity contribution in [3.8, 4) is 5.82 Å². The normalized spacial score (nSPS) is 16.5. The summed E-state index contributed by atoms with van der Waals surface area (Å²) in [6, 6.07) is 3.71. The summed E-state index contributed by atoms with van der Waals surface area (Å²) in [5, 5.41) is 23.3. The van der Waals surface area contributed by atoms with E-state index in [0.29, 0.717) is 30.6 Å². The number of carboxylic acid groups (broad SMARTS) is 1. The predicted molar refractivity (Wildman–Crippen MR) is 82.4 cm³/mol. The lowest BCUT2D eigenvalue weighted by Crippen LogP contribution is -2.21. The SMILES string of the molecule is CC.Cc1ccnc(-n2nc(C(=O)O)c3c2CC(O)CC3)c1. The predicted octanol–water partition coefficient (Wildman–Crippen LogP) is 2.15. The van der Waals surface area contributed by atoms with Gasteiger partial charge in [-0.3, -0.25) is 0 Å². The Balaban J connectivity index is 0.000000847. The molecule has 0 saturated heterocycles. The van der Waals surface area contributed by atoms with E-state index in [9.17, 15) is 15.0 Å². The van der Waals surface area contributed by atoms with E-state index in [4.69, 9.17) is 0 Å². The lowest BCUT2D eigenvalue weighted by molar-refractivity contribution is 0.0687. The Morgan fingerprint density at radius 3 is 2.77 bits per heavy atom. The van der Waals surface area contributed by atoms with Crippen LogP contribution in [0.1, 0.15) is 47.6 Å². The smallest absolute Gasteiger partial charge is 0.356 e. The Morgan fingerprint density at radius 2 is 2.14 bits per heavy atom. The first kappa shape index (κ1) is 16.2. The standard InChI is InChI=1S/C14H15N3O3.C2H6/c1-8-4-5-15-12(6-8)17-11-7-9(18)2-3-10(11)13(16-17)14(19)20;1-2/h4-6,9,18H,2-3,7H2,1H3,(H,19,20);1-2H3. The second-order valence-electron chi connectivity index (χ2n) is 5.08. The molecule has 2 aromatic rings. The van der Waals surface area contributed by atoms with Gasteiger partial charge in [0.05, 0.1) is 11.8 Å². The lowest BCUT2D eigenvalue weighted by Gasteiger charge is -2.18. The molecule has 2 aromatic heterocycles. The zero-order valence-electron chi connectivity index (χ0n) is 13.1. The first-order valence-electron chi connectivity index (χ1n) is 7.51. The highest BCUT2D eigenvalue weighted by molar-refractivity contribution is 5.87. The lowest BCUT2D eigenvalue weighted by atomic mass is 9.93. The quantitative estimate of drug-likeness (QED) is 0.887. The molecule has 6 nitrogen and oxygen atoms in total. The van der Waals surface area contributed by atoms with Crippen molar-refractivity contribution in [1.29, 1.82) is 0 Å². The molecule has 0 saturated carbocycles. The molecular formula is C16H21N3O3. The van der Waals surface area contributed by atoms with E-state index in [-0.39, 0.29) is 5.69 Å². The van der Waals surface area contributed by atoms with E-state index in [1.165, 1.54) is 0 Å². The van der Waals surface area contributed by atoms with E-state index in [1.54, 1.807) is 10.9 Å². The molecule has 0 aliphatic heterocycles. The van der Waals surface area contributed by atoms with Crippen molar-refractivity contribution in [2.75, 3.05) is 0 Å². The van der Waals surface area contributed by atoms with Gasteiger partial charge >= 0.3 is 5.97 Å². The molecule has 0 fully saturated rings. The molecule has 1 unspecified atom stereocenters. The maximum Gasteiger partial charge on any atom is 0.356 e. The Kier molecular flexibility index (Phi) is 4.92. The third kappa shape index (κ3) is 3.01. The number of carboxylic acids is 1. The molecule has 1 aliphatic rings. The van der Waals surface area contributed by atoms with Gasteiger partial charge in [0.25, 0.3) is 0 Å². The minimum atomic E-state index is -1.04. The van der Waals surface area contributed by atoms with Gasteiger partial charge in [-0.2, -0.15) is 5.10 Å². The Bertz CT molecular complexity index is 679. The van der Waals surface area contributed by atoms with Crippen LogP contribution in [0.4, 0.5) is 0 Å². The maximum atomic E-state index is 11.3. The summed E-state index contributed by atoms with van der Waals surface area (Å²) < 4.78 is 1.55. The van der Waals surface area contributed by atoms with Gasteiger partial charge in [0, 0.05) is 18.2 Å². The van der Waals surface area contributed by atoms with Crippen LogP contribution in [-0.2, 0) is 12.8 Å². The molecule has 0 amide bonds. The molecule has 2 heterocycles. The molecule has 0 aromatic carbocycles. The number of pyridine rings is 1. The largest absolute Gasteiger partial charge is 0.476 e. The molecular weight excluding hydrogens is 282 g/mol. The molecule has 0 spiro atoms. The van der Waals surface area contributed by atoms with Crippen LogP contribution in [0.25, 0.3) is 5.82 Å². The first-order chi connectivity index (χ1) is 10.6. The van der Waals surface area contributed by atoms with Gasteiger partial charge in [-0.05, 0) is 37.5 Å². The van der Waals surface area contributed by atoms with Crippen LogP contribution >= 0.6 is 0 Å². The minimum absolute atomic E-state index is 0.0650. The van der Waals surface area contributed by atoms with E-state index in [0.717, 1.165) is 11.3 Å². The van der Waals surface area contributed by atoms with Crippen LogP contribution in [0.5, 0.6) is 0 Å². The summed E-state index contributed by atoms with van der Waals surface area (Å²) in [7, 11) is 0. The van der Waals surface area contributed by atoms with Crippen molar-refractivity contribution in [2.24, 2.45) is 0 Å². The van der Waals surface area contributed by atoms with Gasteiger partial charge in [-0.1, -0.05) is 13.8 Å². The van der Waals surface area contributed by atoms with Gasteiger partial charge < -0.3 is 10.2 Å². The number of hydrogen-bond donors (Lipinski definition) is 2. The average molecular weight is 303 g/mol. The number of aryl methyl sites for hydroxylation is 1. The third-order valence-electron chi connectivity index (χ3n) is 3.57. The number of carbonyl (C=O) groups is 1. The van der Waals surface area contributed by atoms with Crippen LogP contribution in [-0.4, -0.2) is 37.1 Å². The Labute approximate surface area is 129 Å². The highest BCUT2D eigenvalue weighted by Gasteiger charge is 2.28. The monoisotopic (exact) mass is 303 g/mol. The van der Waals surface area contributed by atoms with Crippen LogP contribution < -0.4 is 0 Å². The van der Waals surface area contributed by atoms with Crippen molar-refractivity contribution in [2.45, 2.75) is 46.1 Å². The number of hydrogen-bond acceptors (Lipinski definition) is 4. The Morgan fingerprint density at radius 1 is 1.41 bits per heavy atom. The molecule has 1 atom stereocenters. The molecule has 118 valence electrons. The highest BCUT2D eigenvalue weighted by Crippen LogP contribution is 2.26. The van der Waals surface area contributed by atoms with Crippen molar-refractivity contribution in [3.63, 3.8) is 0 Å². The van der Waals surface area contributed by atoms with Gasteiger partial charge in [-0.15, -0.1) is 0 Å². The zero-order valence-corrected chi connectivity index (χ0v) is 13.1. The molecule has 2 N–H and O–H groups in total. The van der Waals surface area contributed by atoms with E-state index in [1.807, 2.05) is 32.9 Å². The summed E-state index contributed by atoms with van der Waals surface area (Å²) in [5.41, 5.74) is 2.55. The molecule has 0 radical (unpaired) electrons. The van der Waals surface area contributed by atoms with E-state index < -0.39 is 12.1 Å². The summed E-state index contributed by atoms with van der Waals surface area (Å²) in [6.07, 6.45) is 2.72. The van der Waals surface area contributed by atoms with Crippen molar-refractivity contribution in [3.05, 3.63) is 40.8 Å². The topological polar surface area (TPSA) is 88.2 Å². The van der Waals surface area contributed by atoms with Crippen molar-refractivity contribution >= 4 is 5.97 Å². The third-order valence-corrected chi connectivity index (χ3v) is 3.57. The maximum absolute atomic E-state index is 11.3. The average Bonchev–Trinajstić information content (AvgIpc) is 2.88. The summed E-state index contributed by atoms with van der Waals surface area (Å²) >= 11 is 0. The summed E-state index contributed by atoms with van der Waals surface area (Å²) in [5.74, 6) is -0.452. The molecule has 6 heteroatoms. The van der Waals surface area contributed by atoms with E-state index >= 15 is 0 Å². The van der Waals surface area contributed by atoms with Crippen LogP contribution in [0.15, 0.2) is 18.3 Å². The molecule has 3 rings (SSSR count). The van der Waals surface area contributed by atoms with Crippen molar-refractivity contribution in [1.82, 2.24) is 14.8 Å². The fraction of sp³-hybridized carbons (Fsp3) is 0.438. The first-order valence-corrected chi connectivity index (χ1v) is 7.51. The number of aromatic carboxylic acids is 1. The van der Waals surface area contributed by atoms with Crippen LogP contribution in [0.2, 0.25) is 0 Å². The fourth-order valence-corrected chi connectivity index (χ4v) is 2.59. The van der Waals surface area contributed by atoms with Gasteiger partial charge in [0.15, 0.2) is 11.5 Å². The fourth-order valence-electron chi connectivity index (χ4n) is 2.59. The summed E-state index contributed by atoms with van der Waals surface area (Å²) in [6.45, 7) is 5.94. The second-order valence-corrected chi connectivity index (χ2v) is 5.08. The number of aliphatic hydroxyl groups excluding tert-OH is 1. The molecule has 1 aliphatic carbocycles. The second kappa shape index (κ2) is 6.70. The molecule has 22 heavy (non-hydrogen) atoms. The van der Waals surface area contributed by atoms with Crippen molar-refractivity contribution < 1.29 is 15.0 Å². The summed E-state index contributed by atoms with van der Waals surface area (Å²) in [4.78, 5) is 15.5.